The Balaban J connectivity index is 1.43. The lowest BCUT2D eigenvalue weighted by atomic mass is 10.1. The number of carbonyl (C=O) groups is 2. The second-order valence-corrected chi connectivity index (χ2v) is 10.3. The van der Waals surface area contributed by atoms with Crippen molar-refractivity contribution in [2.75, 3.05) is 13.1 Å². The summed E-state index contributed by atoms with van der Waals surface area (Å²) in [5.41, 5.74) is 4.81. The molecule has 3 aliphatic heterocycles. The molecule has 5 rings (SSSR count). The lowest BCUT2D eigenvalue weighted by Gasteiger charge is -2.20. The van der Waals surface area contributed by atoms with Crippen LogP contribution in [0.1, 0.15) is 41.8 Å². The van der Waals surface area contributed by atoms with Crippen molar-refractivity contribution < 1.29 is 9.59 Å². The van der Waals surface area contributed by atoms with Gasteiger partial charge in [-0.2, -0.15) is 15.1 Å². The molecule has 0 unspecified atom stereocenters. The number of hydrogen-bond acceptors (Lipinski definition) is 5. The monoisotopic (exact) mass is 508 g/mol. The molecule has 1 fully saturated rings. The number of nitrogens with one attached hydrogen (secondary N) is 1. The fraction of sp³-hybridized carbons (Fsp3) is 0.320. The highest BCUT2D eigenvalue weighted by atomic mass is 35.5. The zero-order valence-corrected chi connectivity index (χ0v) is 21.3. The first-order valence-corrected chi connectivity index (χ1v) is 12.7. The molecule has 4 heterocycles. The molecule has 0 atom stereocenters. The van der Waals surface area contributed by atoms with Gasteiger partial charge in [-0.1, -0.05) is 17.7 Å². The first-order chi connectivity index (χ1) is 16.7. The van der Waals surface area contributed by atoms with Crippen LogP contribution >= 0.6 is 23.4 Å². The molecule has 0 bridgehead atoms. The van der Waals surface area contributed by atoms with Crippen molar-refractivity contribution in [1.82, 2.24) is 14.5 Å². The third-order valence-corrected chi connectivity index (χ3v) is 7.83. The standard InChI is InChI=1S/C25H25ClN6O2S/c1-14-11-17(16(3)31(14)20-8-6-7-19(26)15(20)2)12-18-23(27)32-25(28-24(18)34)35-21(29-32)13-22(33)30-9-4-5-10-30/h6-8,11-12,27H,4-5,9-10,13H2,1-3H3. The van der Waals surface area contributed by atoms with Gasteiger partial charge in [0, 0.05) is 35.2 Å². The lowest BCUT2D eigenvalue weighted by molar-refractivity contribution is -0.128. The number of benzene rings is 1. The largest absolute Gasteiger partial charge is 0.342 e. The van der Waals surface area contributed by atoms with E-state index in [1.807, 2.05) is 49.9 Å². The van der Waals surface area contributed by atoms with Crippen molar-refractivity contribution in [1.29, 1.82) is 5.41 Å². The quantitative estimate of drug-likeness (QED) is 0.606. The third-order valence-electron chi connectivity index (χ3n) is 6.51. The zero-order valence-electron chi connectivity index (χ0n) is 19.8. The van der Waals surface area contributed by atoms with E-state index in [0.717, 1.165) is 54.1 Å². The summed E-state index contributed by atoms with van der Waals surface area (Å²) in [6.07, 6.45) is 3.89. The second-order valence-electron chi connectivity index (χ2n) is 8.82. The van der Waals surface area contributed by atoms with Crippen LogP contribution in [-0.4, -0.2) is 55.4 Å². The summed E-state index contributed by atoms with van der Waals surface area (Å²) in [5, 5.41) is 16.0. The van der Waals surface area contributed by atoms with Gasteiger partial charge in [0.25, 0.3) is 5.91 Å². The van der Waals surface area contributed by atoms with Crippen molar-refractivity contribution in [3.63, 3.8) is 0 Å². The average Bonchev–Trinajstić information content (AvgIpc) is 3.54. The predicted octanol–water partition coefficient (Wildman–Crippen LogP) is 4.69. The van der Waals surface area contributed by atoms with Crippen LogP contribution < -0.4 is 0 Å². The number of hydrazone groups is 1. The minimum absolute atomic E-state index is 0.0200. The summed E-state index contributed by atoms with van der Waals surface area (Å²) in [5.74, 6) is -0.508. The van der Waals surface area contributed by atoms with Crippen molar-refractivity contribution >= 4 is 57.3 Å². The highest BCUT2D eigenvalue weighted by molar-refractivity contribution is 8.27. The Morgan fingerprint density at radius 3 is 2.71 bits per heavy atom. The Morgan fingerprint density at radius 2 is 1.97 bits per heavy atom. The Morgan fingerprint density at radius 1 is 1.23 bits per heavy atom. The van der Waals surface area contributed by atoms with Gasteiger partial charge in [0.05, 0.1) is 12.0 Å². The van der Waals surface area contributed by atoms with E-state index in [9.17, 15) is 9.59 Å². The van der Waals surface area contributed by atoms with Crippen molar-refractivity contribution in [2.24, 2.45) is 10.1 Å². The number of aliphatic imine (C=N–C) groups is 1. The highest BCUT2D eigenvalue weighted by Crippen LogP contribution is 2.32. The van der Waals surface area contributed by atoms with Crippen LogP contribution in [0, 0.1) is 26.2 Å². The van der Waals surface area contributed by atoms with Gasteiger partial charge in [-0.05, 0) is 80.8 Å². The Hall–Kier alpha value is -3.17. The molecule has 180 valence electrons. The van der Waals surface area contributed by atoms with Crippen LogP contribution in [0.3, 0.4) is 0 Å². The minimum atomic E-state index is -0.486. The maximum Gasteiger partial charge on any atom is 0.283 e. The lowest BCUT2D eigenvalue weighted by Crippen LogP contribution is -2.35. The van der Waals surface area contributed by atoms with E-state index in [4.69, 9.17) is 17.0 Å². The number of fused-ring (bicyclic) bond motifs is 1. The van der Waals surface area contributed by atoms with Gasteiger partial charge in [0.1, 0.15) is 5.04 Å². The van der Waals surface area contributed by atoms with Gasteiger partial charge in [0.2, 0.25) is 11.1 Å². The maximum absolute atomic E-state index is 12.9. The van der Waals surface area contributed by atoms with Crippen LogP contribution in [-0.2, 0) is 9.59 Å². The smallest absolute Gasteiger partial charge is 0.283 e. The number of halogens is 1. The van der Waals surface area contributed by atoms with Gasteiger partial charge >= 0.3 is 0 Å². The number of amides is 2. The normalized spacial score (nSPS) is 18.9. The van der Waals surface area contributed by atoms with Crippen molar-refractivity contribution in [3.05, 3.63) is 57.4 Å². The van der Waals surface area contributed by atoms with E-state index in [1.165, 1.54) is 16.8 Å². The number of nitrogens with zero attached hydrogens (tertiary/aromatic N) is 5. The Labute approximate surface area is 212 Å². The summed E-state index contributed by atoms with van der Waals surface area (Å²) in [4.78, 5) is 31.4. The number of likely N-dealkylation sites (tertiary alicyclic amines) is 1. The molecule has 3 aliphatic rings. The zero-order chi connectivity index (χ0) is 24.9. The van der Waals surface area contributed by atoms with E-state index in [1.54, 1.807) is 6.08 Å². The number of aromatic nitrogens is 1. The molecule has 2 aromatic rings. The Bertz CT molecular complexity index is 1370. The number of hydrogen-bond donors (Lipinski definition) is 1. The van der Waals surface area contributed by atoms with Crippen LogP contribution in [0.5, 0.6) is 0 Å². The fourth-order valence-electron chi connectivity index (χ4n) is 4.61. The molecule has 8 nitrogen and oxygen atoms in total. The SMILES string of the molecule is Cc1c(Cl)cccc1-n1c(C)cc(C=C2C(=N)N3N=C(CC(=O)N4CCCC4)SC3=NC2=O)c1C. The third kappa shape index (κ3) is 4.23. The molecule has 1 N–H and O–H groups in total. The van der Waals surface area contributed by atoms with Crippen LogP contribution in [0.25, 0.3) is 11.8 Å². The molecule has 35 heavy (non-hydrogen) atoms. The number of carbonyl (C=O) groups excluding carboxylic acids is 2. The summed E-state index contributed by atoms with van der Waals surface area (Å²) < 4.78 is 2.09. The number of amidine groups is 2. The minimum Gasteiger partial charge on any atom is -0.342 e. The molecule has 10 heteroatoms. The van der Waals surface area contributed by atoms with Crippen molar-refractivity contribution in [2.45, 2.75) is 40.0 Å². The summed E-state index contributed by atoms with van der Waals surface area (Å²) in [6.45, 7) is 7.48. The van der Waals surface area contributed by atoms with E-state index >= 15 is 0 Å². The fourth-order valence-corrected chi connectivity index (χ4v) is 5.65. The van der Waals surface area contributed by atoms with Crippen LogP contribution in [0.2, 0.25) is 5.02 Å². The van der Waals surface area contributed by atoms with E-state index in [0.29, 0.717) is 15.2 Å². The van der Waals surface area contributed by atoms with E-state index in [-0.39, 0.29) is 23.7 Å². The summed E-state index contributed by atoms with van der Waals surface area (Å²) in [6, 6.07) is 7.75. The summed E-state index contributed by atoms with van der Waals surface area (Å²) >= 11 is 7.52. The van der Waals surface area contributed by atoms with Crippen molar-refractivity contribution in [3.8, 4) is 5.69 Å². The molecule has 1 aromatic heterocycles. The van der Waals surface area contributed by atoms with Gasteiger partial charge in [-0.25, -0.2) is 0 Å². The van der Waals surface area contributed by atoms with Crippen LogP contribution in [0.15, 0.2) is 39.9 Å². The molecule has 0 radical (unpaired) electrons. The van der Waals surface area contributed by atoms with Gasteiger partial charge in [-0.3, -0.25) is 15.0 Å². The second kappa shape index (κ2) is 9.13. The topological polar surface area (TPSA) is 94.1 Å². The van der Waals surface area contributed by atoms with E-state index in [2.05, 4.69) is 14.7 Å². The molecule has 1 saturated heterocycles. The number of rotatable bonds is 4. The number of thioether (sulfide) groups is 1. The van der Waals surface area contributed by atoms with Gasteiger partial charge in [0.15, 0.2) is 5.84 Å². The Kier molecular flexibility index (Phi) is 6.14. The maximum atomic E-state index is 12.9. The van der Waals surface area contributed by atoms with Gasteiger partial charge < -0.3 is 9.47 Å². The first-order valence-electron chi connectivity index (χ1n) is 11.5. The van der Waals surface area contributed by atoms with E-state index < -0.39 is 5.91 Å². The molecule has 0 saturated carbocycles. The number of aryl methyl sites for hydroxylation is 1. The summed E-state index contributed by atoms with van der Waals surface area (Å²) in [7, 11) is 0. The molecule has 0 spiro atoms. The van der Waals surface area contributed by atoms with Crippen LogP contribution in [0.4, 0.5) is 0 Å². The molecular formula is C25H25ClN6O2S. The molecule has 0 aliphatic carbocycles. The predicted molar refractivity (Wildman–Crippen MR) is 140 cm³/mol. The molecule has 2 amide bonds. The average molecular weight is 509 g/mol. The molecular weight excluding hydrogens is 484 g/mol. The first kappa shape index (κ1) is 23.6. The highest BCUT2D eigenvalue weighted by Gasteiger charge is 2.36. The van der Waals surface area contributed by atoms with Gasteiger partial charge in [-0.15, -0.1) is 0 Å². The molecule has 1 aromatic carbocycles.